The van der Waals surface area contributed by atoms with E-state index in [1.165, 1.54) is 0 Å². The summed E-state index contributed by atoms with van der Waals surface area (Å²) in [5, 5.41) is 0. The third kappa shape index (κ3) is 2.82. The van der Waals surface area contributed by atoms with E-state index in [1.54, 1.807) is 0 Å². The second-order valence-electron chi connectivity index (χ2n) is 4.09. The van der Waals surface area contributed by atoms with Crippen molar-refractivity contribution in [2.45, 2.75) is 26.1 Å². The van der Waals surface area contributed by atoms with Crippen molar-refractivity contribution in [1.29, 1.82) is 0 Å². The molecule has 2 aromatic rings. The maximum absolute atomic E-state index is 5.93. The first kappa shape index (κ1) is 12.9. The van der Waals surface area contributed by atoms with E-state index in [0.29, 0.717) is 5.88 Å². The molecule has 0 fully saturated rings. The molecule has 3 heteroatoms. The number of aryl methyl sites for hydroxylation is 2. The van der Waals surface area contributed by atoms with Gasteiger partial charge in [0.1, 0.15) is 11.5 Å². The molecule has 2 rings (SSSR count). The van der Waals surface area contributed by atoms with Gasteiger partial charge in [-0.2, -0.15) is 0 Å². The lowest BCUT2D eigenvalue weighted by Crippen LogP contribution is -1.97. The van der Waals surface area contributed by atoms with Gasteiger partial charge in [-0.1, -0.05) is 25.1 Å². The first-order valence-electron chi connectivity index (χ1n) is 6.02. The summed E-state index contributed by atoms with van der Waals surface area (Å²) < 4.78 is 5.93. The molecule has 1 aromatic heterocycles. The van der Waals surface area contributed by atoms with E-state index >= 15 is 0 Å². The summed E-state index contributed by atoms with van der Waals surface area (Å²) in [6.45, 7) is 4.05. The predicted molar refractivity (Wildman–Crippen MR) is 74.4 cm³/mol. The summed E-state index contributed by atoms with van der Waals surface area (Å²) in [6, 6.07) is 11.7. The van der Waals surface area contributed by atoms with Crippen LogP contribution < -0.4 is 4.74 Å². The Labute approximate surface area is 113 Å². The van der Waals surface area contributed by atoms with E-state index in [0.717, 1.165) is 34.9 Å². The molecule has 0 unspecified atom stereocenters. The lowest BCUT2D eigenvalue weighted by molar-refractivity contribution is 0.468. The molecule has 0 spiro atoms. The lowest BCUT2D eigenvalue weighted by Gasteiger charge is -2.12. The summed E-state index contributed by atoms with van der Waals surface area (Å²) in [4.78, 5) is 4.49. The third-order valence-electron chi connectivity index (χ3n) is 2.74. The van der Waals surface area contributed by atoms with Crippen LogP contribution in [0.25, 0.3) is 0 Å². The minimum atomic E-state index is 0.441. The molecule has 0 aliphatic rings. The molecule has 1 aromatic carbocycles. The average molecular weight is 262 g/mol. The van der Waals surface area contributed by atoms with Crippen LogP contribution in [0, 0.1) is 6.92 Å². The zero-order valence-corrected chi connectivity index (χ0v) is 11.4. The number of benzene rings is 1. The number of nitrogens with zero attached hydrogens (tertiary/aromatic N) is 1. The number of halogens is 1. The van der Waals surface area contributed by atoms with Gasteiger partial charge < -0.3 is 4.74 Å². The number of aromatic nitrogens is 1. The minimum absolute atomic E-state index is 0.441. The van der Waals surface area contributed by atoms with Crippen LogP contribution in [-0.4, -0.2) is 4.98 Å². The molecule has 0 aliphatic heterocycles. The highest BCUT2D eigenvalue weighted by atomic mass is 35.5. The van der Waals surface area contributed by atoms with E-state index < -0.39 is 0 Å². The van der Waals surface area contributed by atoms with Gasteiger partial charge in [-0.05, 0) is 31.5 Å². The number of alkyl halides is 1. The topological polar surface area (TPSA) is 22.1 Å². The normalized spacial score (nSPS) is 10.4. The van der Waals surface area contributed by atoms with Crippen molar-refractivity contribution in [3.8, 4) is 11.5 Å². The Kier molecular flexibility index (Phi) is 4.21. The summed E-state index contributed by atoms with van der Waals surface area (Å²) in [5.41, 5.74) is 2.96. The van der Waals surface area contributed by atoms with Gasteiger partial charge in [0.05, 0.1) is 11.6 Å². The Balaban J connectivity index is 2.33. The van der Waals surface area contributed by atoms with Gasteiger partial charge in [-0.25, -0.2) is 0 Å². The second kappa shape index (κ2) is 5.87. The Hall–Kier alpha value is -1.54. The maximum Gasteiger partial charge on any atom is 0.148 e. The van der Waals surface area contributed by atoms with Crippen LogP contribution in [-0.2, 0) is 12.3 Å². The first-order chi connectivity index (χ1) is 8.74. The number of para-hydroxylation sites is 1. The van der Waals surface area contributed by atoms with Crippen LogP contribution >= 0.6 is 11.6 Å². The van der Waals surface area contributed by atoms with Crippen molar-refractivity contribution in [3.05, 3.63) is 53.3 Å². The van der Waals surface area contributed by atoms with Crippen molar-refractivity contribution in [1.82, 2.24) is 4.98 Å². The van der Waals surface area contributed by atoms with Crippen molar-refractivity contribution < 1.29 is 4.74 Å². The van der Waals surface area contributed by atoms with Gasteiger partial charge >= 0.3 is 0 Å². The monoisotopic (exact) mass is 261 g/mol. The molecule has 0 radical (unpaired) electrons. The SMILES string of the molecule is CCc1nc(C)ccc1Oc1ccccc1CCl. The Morgan fingerprint density at radius 3 is 2.61 bits per heavy atom. The minimum Gasteiger partial charge on any atom is -0.455 e. The van der Waals surface area contributed by atoms with Crippen LogP contribution in [0.2, 0.25) is 0 Å². The fourth-order valence-corrected chi connectivity index (χ4v) is 2.00. The predicted octanol–water partition coefficient (Wildman–Crippen LogP) is 4.48. The van der Waals surface area contributed by atoms with E-state index in [4.69, 9.17) is 16.3 Å². The van der Waals surface area contributed by atoms with Crippen LogP contribution in [0.5, 0.6) is 11.5 Å². The van der Waals surface area contributed by atoms with Crippen molar-refractivity contribution in [2.75, 3.05) is 0 Å². The highest BCUT2D eigenvalue weighted by Gasteiger charge is 2.08. The van der Waals surface area contributed by atoms with Gasteiger partial charge in [0.25, 0.3) is 0 Å². The molecule has 0 atom stereocenters. The zero-order chi connectivity index (χ0) is 13.0. The van der Waals surface area contributed by atoms with E-state index in [-0.39, 0.29) is 0 Å². The molecule has 1 heterocycles. The fraction of sp³-hybridized carbons (Fsp3) is 0.267. The Morgan fingerprint density at radius 2 is 1.89 bits per heavy atom. The maximum atomic E-state index is 5.93. The largest absolute Gasteiger partial charge is 0.455 e. The zero-order valence-electron chi connectivity index (χ0n) is 10.6. The number of hydrogen-bond donors (Lipinski definition) is 0. The van der Waals surface area contributed by atoms with E-state index in [1.807, 2.05) is 43.3 Å². The Bertz CT molecular complexity index is 540. The molecule has 0 bridgehead atoms. The lowest BCUT2D eigenvalue weighted by atomic mass is 10.2. The molecule has 0 amide bonds. The first-order valence-corrected chi connectivity index (χ1v) is 6.56. The molecule has 0 saturated heterocycles. The van der Waals surface area contributed by atoms with Crippen LogP contribution in [0.3, 0.4) is 0 Å². The molecule has 2 nitrogen and oxygen atoms in total. The summed E-state index contributed by atoms with van der Waals surface area (Å²) in [6.07, 6.45) is 0.847. The number of pyridine rings is 1. The van der Waals surface area contributed by atoms with E-state index in [2.05, 4.69) is 11.9 Å². The number of hydrogen-bond acceptors (Lipinski definition) is 2. The Morgan fingerprint density at radius 1 is 1.11 bits per heavy atom. The summed E-state index contributed by atoms with van der Waals surface area (Å²) in [7, 11) is 0. The number of ether oxygens (including phenoxy) is 1. The quantitative estimate of drug-likeness (QED) is 0.757. The molecule has 18 heavy (non-hydrogen) atoms. The molecular formula is C15H16ClNO. The molecular weight excluding hydrogens is 246 g/mol. The van der Waals surface area contributed by atoms with Crippen molar-refractivity contribution in [2.24, 2.45) is 0 Å². The second-order valence-corrected chi connectivity index (χ2v) is 4.36. The highest BCUT2D eigenvalue weighted by Crippen LogP contribution is 2.28. The van der Waals surface area contributed by atoms with Crippen LogP contribution in [0.4, 0.5) is 0 Å². The van der Waals surface area contributed by atoms with Crippen molar-refractivity contribution in [3.63, 3.8) is 0 Å². The molecule has 94 valence electrons. The third-order valence-corrected chi connectivity index (χ3v) is 3.03. The van der Waals surface area contributed by atoms with Gasteiger partial charge in [-0.15, -0.1) is 11.6 Å². The van der Waals surface area contributed by atoms with Gasteiger partial charge in [0.15, 0.2) is 0 Å². The smallest absolute Gasteiger partial charge is 0.148 e. The van der Waals surface area contributed by atoms with Crippen LogP contribution in [0.15, 0.2) is 36.4 Å². The van der Waals surface area contributed by atoms with Gasteiger partial charge in [-0.3, -0.25) is 4.98 Å². The van der Waals surface area contributed by atoms with Gasteiger partial charge in [0, 0.05) is 11.3 Å². The fourth-order valence-electron chi connectivity index (χ4n) is 1.78. The summed E-state index contributed by atoms with van der Waals surface area (Å²) in [5.74, 6) is 2.05. The molecule has 0 saturated carbocycles. The van der Waals surface area contributed by atoms with Gasteiger partial charge in [0.2, 0.25) is 0 Å². The average Bonchev–Trinajstić information content (AvgIpc) is 2.41. The van der Waals surface area contributed by atoms with Crippen LogP contribution in [0.1, 0.15) is 23.9 Å². The molecule has 0 aliphatic carbocycles. The highest BCUT2D eigenvalue weighted by molar-refractivity contribution is 6.17. The van der Waals surface area contributed by atoms with Crippen molar-refractivity contribution >= 4 is 11.6 Å². The summed E-state index contributed by atoms with van der Waals surface area (Å²) >= 11 is 5.90. The number of rotatable bonds is 4. The standard InChI is InChI=1S/C15H16ClNO/c1-3-13-15(9-8-11(2)17-13)18-14-7-5-4-6-12(14)10-16/h4-9H,3,10H2,1-2H3. The van der Waals surface area contributed by atoms with E-state index in [9.17, 15) is 0 Å². The molecule has 0 N–H and O–H groups in total.